The number of pyridine rings is 2. The number of nitrogens with zero attached hydrogens (tertiary/aromatic N) is 4. The molecule has 1 fully saturated rings. The van der Waals surface area contributed by atoms with Crippen molar-refractivity contribution in [1.82, 2.24) is 14.5 Å². The number of hydrogen-bond donors (Lipinski definition) is 1. The Bertz CT molecular complexity index is 1680. The average molecular weight is 578 g/mol. The molecule has 2 aliphatic rings. The topological polar surface area (TPSA) is 95.1 Å². The van der Waals surface area contributed by atoms with Gasteiger partial charge in [-0.05, 0) is 37.1 Å². The summed E-state index contributed by atoms with van der Waals surface area (Å²) in [4.78, 5) is 22.6. The van der Waals surface area contributed by atoms with E-state index in [1.165, 1.54) is 0 Å². The van der Waals surface area contributed by atoms with Crippen molar-refractivity contribution in [3.8, 4) is 17.2 Å². The summed E-state index contributed by atoms with van der Waals surface area (Å²) in [6, 6.07) is 10.5. The maximum absolute atomic E-state index is 14.5. The fourth-order valence-corrected chi connectivity index (χ4v) is 6.01. The summed E-state index contributed by atoms with van der Waals surface area (Å²) < 4.78 is 47.4. The number of nitrogen functional groups attached to an aromatic ring is 1. The van der Waals surface area contributed by atoms with Crippen molar-refractivity contribution < 1.29 is 23.0 Å². The predicted octanol–water partition coefficient (Wildman–Crippen LogP) is 4.34. The Morgan fingerprint density at radius 2 is 1.93 bits per heavy atom. The van der Waals surface area contributed by atoms with E-state index < -0.39 is 11.6 Å². The molecule has 9 nitrogen and oxygen atoms in total. The van der Waals surface area contributed by atoms with Gasteiger partial charge in [0.25, 0.3) is 0 Å². The smallest absolute Gasteiger partial charge is 0.202 e. The van der Waals surface area contributed by atoms with E-state index in [1.807, 2.05) is 24.3 Å². The van der Waals surface area contributed by atoms with E-state index in [4.69, 9.17) is 19.9 Å². The first kappa shape index (κ1) is 27.8. The Labute approximate surface area is 242 Å². The van der Waals surface area contributed by atoms with E-state index in [-0.39, 0.29) is 34.7 Å². The molecule has 220 valence electrons. The SMILES string of the molecule is COc1ccc(CN(Cc2cn3c4c(c(F)c(F)cc4c2=O)OCC3)[C@H]2CCCN(c3ccc(N)nc3)C2)c(OC)c1. The monoisotopic (exact) mass is 577 g/mol. The van der Waals surface area contributed by atoms with Crippen LogP contribution in [-0.4, -0.2) is 54.4 Å². The second kappa shape index (κ2) is 11.5. The minimum atomic E-state index is -1.10. The number of benzene rings is 2. The van der Waals surface area contributed by atoms with Gasteiger partial charge in [-0.1, -0.05) is 6.07 Å². The first-order chi connectivity index (χ1) is 20.4. The molecule has 2 aliphatic heterocycles. The number of anilines is 2. The molecule has 4 aromatic rings. The summed E-state index contributed by atoms with van der Waals surface area (Å²) in [5.74, 6) is -0.554. The molecule has 0 saturated carbocycles. The van der Waals surface area contributed by atoms with Crippen LogP contribution < -0.4 is 30.3 Å². The Morgan fingerprint density at radius 1 is 1.10 bits per heavy atom. The highest BCUT2D eigenvalue weighted by atomic mass is 19.2. The van der Waals surface area contributed by atoms with Gasteiger partial charge < -0.3 is 29.4 Å². The maximum atomic E-state index is 14.5. The van der Waals surface area contributed by atoms with Crippen LogP contribution in [0.3, 0.4) is 0 Å². The highest BCUT2D eigenvalue weighted by molar-refractivity contribution is 5.86. The normalized spacial score (nSPS) is 16.5. The molecular formula is C31H33F2N5O4. The van der Waals surface area contributed by atoms with Crippen molar-refractivity contribution in [2.24, 2.45) is 0 Å². The Hall–Kier alpha value is -4.38. The number of nitrogens with two attached hydrogens (primary N) is 1. The summed E-state index contributed by atoms with van der Waals surface area (Å²) >= 11 is 0. The molecule has 0 bridgehead atoms. The molecule has 0 unspecified atom stereocenters. The number of halogens is 2. The van der Waals surface area contributed by atoms with Gasteiger partial charge in [0.15, 0.2) is 17.0 Å². The zero-order chi connectivity index (χ0) is 29.4. The van der Waals surface area contributed by atoms with Crippen molar-refractivity contribution in [2.75, 3.05) is 44.5 Å². The molecule has 2 aromatic carbocycles. The van der Waals surface area contributed by atoms with Crippen molar-refractivity contribution >= 4 is 22.4 Å². The molecule has 0 aliphatic carbocycles. The molecule has 1 saturated heterocycles. The molecule has 0 amide bonds. The quantitative estimate of drug-likeness (QED) is 0.331. The van der Waals surface area contributed by atoms with Gasteiger partial charge in [-0.2, -0.15) is 4.39 Å². The Morgan fingerprint density at radius 3 is 2.69 bits per heavy atom. The lowest BCUT2D eigenvalue weighted by atomic mass is 10.0. The molecule has 0 spiro atoms. The highest BCUT2D eigenvalue weighted by Gasteiger charge is 2.29. The summed E-state index contributed by atoms with van der Waals surface area (Å²) in [6.45, 7) is 3.00. The zero-order valence-corrected chi connectivity index (χ0v) is 23.6. The van der Waals surface area contributed by atoms with E-state index in [2.05, 4.69) is 14.8 Å². The number of methoxy groups -OCH3 is 2. The summed E-state index contributed by atoms with van der Waals surface area (Å²) in [5.41, 5.74) is 8.19. The second-order valence-corrected chi connectivity index (χ2v) is 10.7. The van der Waals surface area contributed by atoms with Gasteiger partial charge in [-0.15, -0.1) is 0 Å². The van der Waals surface area contributed by atoms with Crippen LogP contribution in [0.2, 0.25) is 0 Å². The largest absolute Gasteiger partial charge is 0.497 e. The fourth-order valence-electron chi connectivity index (χ4n) is 6.01. The number of piperidine rings is 1. The lowest BCUT2D eigenvalue weighted by Crippen LogP contribution is -2.48. The van der Waals surface area contributed by atoms with Crippen molar-refractivity contribution in [3.05, 3.63) is 81.8 Å². The lowest BCUT2D eigenvalue weighted by Gasteiger charge is -2.40. The van der Waals surface area contributed by atoms with Crippen LogP contribution in [0.1, 0.15) is 24.0 Å². The van der Waals surface area contributed by atoms with Crippen LogP contribution in [0.4, 0.5) is 20.3 Å². The van der Waals surface area contributed by atoms with Gasteiger partial charge in [-0.3, -0.25) is 9.69 Å². The Kier molecular flexibility index (Phi) is 7.59. The first-order valence-electron chi connectivity index (χ1n) is 13.9. The van der Waals surface area contributed by atoms with E-state index in [1.54, 1.807) is 37.2 Å². The molecule has 6 rings (SSSR count). The standard InChI is InChI=1S/C31H33F2N5O4/c1-40-23-7-5-19(26(12-23)41-2)15-38(22-4-3-9-36(18-22)21-6-8-27(34)35-14-21)17-20-16-37-10-11-42-31-28(33)25(32)13-24(29(31)37)30(20)39/h5-8,12-14,16,22H,3-4,9-11,15,17-18H2,1-2H3,(H2,34,35)/t22-/m0/s1. The molecular weight excluding hydrogens is 544 g/mol. The number of aromatic nitrogens is 2. The Balaban J connectivity index is 1.39. The van der Waals surface area contributed by atoms with Crippen LogP contribution in [0.25, 0.3) is 10.9 Å². The molecule has 2 aromatic heterocycles. The van der Waals surface area contributed by atoms with Crippen LogP contribution >= 0.6 is 0 Å². The van der Waals surface area contributed by atoms with E-state index in [9.17, 15) is 13.6 Å². The van der Waals surface area contributed by atoms with Crippen LogP contribution in [0.15, 0.2) is 53.6 Å². The van der Waals surface area contributed by atoms with Crippen LogP contribution in [0.5, 0.6) is 17.2 Å². The highest BCUT2D eigenvalue weighted by Crippen LogP contribution is 2.34. The van der Waals surface area contributed by atoms with Crippen molar-refractivity contribution in [2.45, 2.75) is 38.5 Å². The number of hydrogen-bond acceptors (Lipinski definition) is 8. The summed E-state index contributed by atoms with van der Waals surface area (Å²) in [7, 11) is 3.22. The van der Waals surface area contributed by atoms with Gasteiger partial charge in [-0.25, -0.2) is 9.37 Å². The van der Waals surface area contributed by atoms with Gasteiger partial charge in [0.05, 0.1) is 43.6 Å². The van der Waals surface area contributed by atoms with Gasteiger partial charge in [0.1, 0.15) is 23.9 Å². The molecule has 4 heterocycles. The molecule has 11 heteroatoms. The third-order valence-corrected chi connectivity index (χ3v) is 8.15. The zero-order valence-electron chi connectivity index (χ0n) is 23.6. The van der Waals surface area contributed by atoms with E-state index >= 15 is 0 Å². The molecule has 1 atom stereocenters. The van der Waals surface area contributed by atoms with Crippen molar-refractivity contribution in [1.29, 1.82) is 0 Å². The van der Waals surface area contributed by atoms with Gasteiger partial charge >= 0.3 is 0 Å². The van der Waals surface area contributed by atoms with Crippen LogP contribution in [0, 0.1) is 11.6 Å². The number of rotatable bonds is 8. The van der Waals surface area contributed by atoms with E-state index in [0.717, 1.165) is 36.7 Å². The average Bonchev–Trinajstić information content (AvgIpc) is 3.01. The predicted molar refractivity (Wildman–Crippen MR) is 156 cm³/mol. The maximum Gasteiger partial charge on any atom is 0.202 e. The third-order valence-electron chi connectivity index (χ3n) is 8.15. The van der Waals surface area contributed by atoms with Crippen molar-refractivity contribution in [3.63, 3.8) is 0 Å². The summed E-state index contributed by atoms with van der Waals surface area (Å²) in [6.07, 6.45) is 5.40. The fraction of sp³-hybridized carbons (Fsp3) is 0.355. The van der Waals surface area contributed by atoms with Gasteiger partial charge in [0, 0.05) is 55.6 Å². The van der Waals surface area contributed by atoms with E-state index in [0.29, 0.717) is 49.1 Å². The molecule has 2 N–H and O–H groups in total. The third kappa shape index (κ3) is 5.20. The minimum absolute atomic E-state index is 0.0726. The minimum Gasteiger partial charge on any atom is -0.497 e. The summed E-state index contributed by atoms with van der Waals surface area (Å²) in [5, 5.41) is 0.112. The number of ether oxygens (including phenoxy) is 3. The lowest BCUT2D eigenvalue weighted by molar-refractivity contribution is 0.156. The second-order valence-electron chi connectivity index (χ2n) is 10.7. The van der Waals surface area contributed by atoms with Gasteiger partial charge in [0.2, 0.25) is 5.82 Å². The van der Waals surface area contributed by atoms with Crippen LogP contribution in [-0.2, 0) is 19.6 Å². The first-order valence-corrected chi connectivity index (χ1v) is 13.9. The molecule has 42 heavy (non-hydrogen) atoms. The molecule has 0 radical (unpaired) electrons.